The Hall–Kier alpha value is -3.47. The first-order chi connectivity index (χ1) is 16.1. The molecule has 0 aliphatic rings. The summed E-state index contributed by atoms with van der Waals surface area (Å²) in [4.78, 5) is -0.0841. The maximum Gasteiger partial charge on any atom is 0.419 e. The van der Waals surface area contributed by atoms with Crippen molar-refractivity contribution in [1.82, 2.24) is 9.13 Å². The van der Waals surface area contributed by atoms with Gasteiger partial charge in [-0.2, -0.15) is 21.6 Å². The maximum atomic E-state index is 14.2. The molecule has 0 fully saturated rings. The van der Waals surface area contributed by atoms with Crippen molar-refractivity contribution in [2.24, 2.45) is 4.40 Å². The zero-order valence-corrected chi connectivity index (χ0v) is 18.3. The van der Waals surface area contributed by atoms with Gasteiger partial charge in [-0.15, -0.1) is 4.40 Å². The molecular formula is C23H18F5N3O2S. The van der Waals surface area contributed by atoms with Gasteiger partial charge in [-0.1, -0.05) is 36.4 Å². The average molecular weight is 495 g/mol. The SMILES string of the molecule is O=S(=O)(/N=c1/n(CCF)c2ccccc2n1Cc1ccc(C(F)(F)F)c(F)c1)c1ccccc1. The number of halogens is 5. The zero-order valence-electron chi connectivity index (χ0n) is 17.5. The van der Waals surface area contributed by atoms with Crippen LogP contribution >= 0.6 is 0 Å². The molecule has 0 amide bonds. The highest BCUT2D eigenvalue weighted by molar-refractivity contribution is 7.90. The molecule has 4 rings (SSSR count). The zero-order chi connectivity index (χ0) is 24.5. The van der Waals surface area contributed by atoms with Gasteiger partial charge in [0.05, 0.1) is 34.6 Å². The van der Waals surface area contributed by atoms with Crippen molar-refractivity contribution in [2.75, 3.05) is 6.67 Å². The van der Waals surface area contributed by atoms with Gasteiger partial charge < -0.3 is 9.13 Å². The van der Waals surface area contributed by atoms with Gasteiger partial charge in [0.25, 0.3) is 10.0 Å². The molecule has 0 saturated heterocycles. The predicted molar refractivity (Wildman–Crippen MR) is 116 cm³/mol. The lowest BCUT2D eigenvalue weighted by molar-refractivity contribution is -0.140. The summed E-state index contributed by atoms with van der Waals surface area (Å²) in [6.07, 6.45) is -4.85. The van der Waals surface area contributed by atoms with E-state index >= 15 is 0 Å². The fourth-order valence-electron chi connectivity index (χ4n) is 3.66. The number of aryl methyl sites for hydroxylation is 1. The summed E-state index contributed by atoms with van der Waals surface area (Å²) in [7, 11) is -4.21. The molecule has 4 aromatic rings. The molecule has 0 spiro atoms. The largest absolute Gasteiger partial charge is 0.419 e. The average Bonchev–Trinajstić information content (AvgIpc) is 3.06. The molecule has 0 atom stereocenters. The van der Waals surface area contributed by atoms with Gasteiger partial charge in [0.1, 0.15) is 12.5 Å². The van der Waals surface area contributed by atoms with E-state index in [1.54, 1.807) is 30.3 Å². The van der Waals surface area contributed by atoms with Gasteiger partial charge in [-0.3, -0.25) is 0 Å². The highest BCUT2D eigenvalue weighted by Gasteiger charge is 2.34. The number of benzene rings is 3. The molecule has 1 aromatic heterocycles. The second-order valence-electron chi connectivity index (χ2n) is 7.41. The Labute approximate surface area is 191 Å². The van der Waals surface area contributed by atoms with Crippen LogP contribution in [0.15, 0.2) is 82.1 Å². The van der Waals surface area contributed by atoms with Crippen LogP contribution in [0.1, 0.15) is 11.1 Å². The second kappa shape index (κ2) is 9.05. The number of sulfonamides is 1. The third-order valence-electron chi connectivity index (χ3n) is 5.18. The number of fused-ring (bicyclic) bond motifs is 1. The predicted octanol–water partition coefficient (Wildman–Crippen LogP) is 4.91. The van der Waals surface area contributed by atoms with Gasteiger partial charge >= 0.3 is 6.18 Å². The molecule has 178 valence electrons. The smallest absolute Gasteiger partial charge is 0.307 e. The molecular weight excluding hydrogens is 477 g/mol. The minimum Gasteiger partial charge on any atom is -0.307 e. The van der Waals surface area contributed by atoms with Crippen molar-refractivity contribution >= 4 is 21.1 Å². The molecule has 11 heteroatoms. The van der Waals surface area contributed by atoms with E-state index in [0.717, 1.165) is 12.1 Å². The van der Waals surface area contributed by atoms with E-state index in [9.17, 15) is 30.4 Å². The van der Waals surface area contributed by atoms with Crippen molar-refractivity contribution in [3.8, 4) is 0 Å². The van der Waals surface area contributed by atoms with Crippen LogP contribution in [0.5, 0.6) is 0 Å². The van der Waals surface area contributed by atoms with Crippen LogP contribution in [-0.4, -0.2) is 24.2 Å². The summed E-state index contributed by atoms with van der Waals surface area (Å²) in [5.74, 6) is -1.45. The van der Waals surface area contributed by atoms with Crippen molar-refractivity contribution in [2.45, 2.75) is 24.2 Å². The molecule has 0 bridgehead atoms. The molecule has 3 aromatic carbocycles. The van der Waals surface area contributed by atoms with Crippen LogP contribution in [0.25, 0.3) is 11.0 Å². The summed E-state index contributed by atoms with van der Waals surface area (Å²) in [5.41, 5.74) is -0.472. The number of nitrogens with zero attached hydrogens (tertiary/aromatic N) is 3. The summed E-state index contributed by atoms with van der Waals surface area (Å²) < 4.78 is 99.1. The Morgan fingerprint density at radius 3 is 2.06 bits per heavy atom. The molecule has 5 nitrogen and oxygen atoms in total. The number of aromatic nitrogens is 2. The highest BCUT2D eigenvalue weighted by atomic mass is 32.2. The fourth-order valence-corrected chi connectivity index (χ4v) is 4.68. The van der Waals surface area contributed by atoms with Crippen LogP contribution in [0.2, 0.25) is 0 Å². The number of alkyl halides is 4. The molecule has 0 aliphatic carbocycles. The van der Waals surface area contributed by atoms with Gasteiger partial charge in [0.2, 0.25) is 5.62 Å². The van der Waals surface area contributed by atoms with E-state index < -0.39 is 34.3 Å². The monoisotopic (exact) mass is 495 g/mol. The third-order valence-corrected chi connectivity index (χ3v) is 6.45. The van der Waals surface area contributed by atoms with E-state index in [0.29, 0.717) is 17.1 Å². The number of para-hydroxylation sites is 2. The Morgan fingerprint density at radius 2 is 1.47 bits per heavy atom. The lowest BCUT2D eigenvalue weighted by Crippen LogP contribution is -2.29. The van der Waals surface area contributed by atoms with Crippen LogP contribution in [0.3, 0.4) is 0 Å². The Balaban J connectivity index is 1.94. The Kier molecular flexibility index (Phi) is 6.30. The molecule has 34 heavy (non-hydrogen) atoms. The minimum atomic E-state index is -4.85. The van der Waals surface area contributed by atoms with E-state index in [1.807, 2.05) is 0 Å². The first-order valence-corrected chi connectivity index (χ1v) is 11.5. The topological polar surface area (TPSA) is 56.4 Å². The number of hydrogen-bond acceptors (Lipinski definition) is 2. The first-order valence-electron chi connectivity index (χ1n) is 10.1. The standard InChI is InChI=1S/C23H18F5N3O2S/c24-12-13-30-20-8-4-5-9-21(20)31(15-16-10-11-18(19(25)14-16)23(26,27)28)22(30)29-34(32,33)17-6-2-1-3-7-17/h1-11,14H,12-13,15H2/b29-22-. The number of imidazole rings is 1. The molecule has 0 saturated carbocycles. The van der Waals surface area contributed by atoms with Crippen LogP contribution in [0.4, 0.5) is 22.0 Å². The molecule has 0 radical (unpaired) electrons. The quantitative estimate of drug-likeness (QED) is 0.357. The Bertz CT molecular complexity index is 1510. The summed E-state index contributed by atoms with van der Waals surface area (Å²) in [6, 6.07) is 16.5. The van der Waals surface area contributed by atoms with Crippen molar-refractivity contribution < 1.29 is 30.4 Å². The highest BCUT2D eigenvalue weighted by Crippen LogP contribution is 2.31. The van der Waals surface area contributed by atoms with Crippen LogP contribution in [0, 0.1) is 5.82 Å². The lowest BCUT2D eigenvalue weighted by atomic mass is 10.1. The normalized spacial score (nSPS) is 13.0. The molecule has 0 aliphatic heterocycles. The van der Waals surface area contributed by atoms with Crippen molar-refractivity contribution in [1.29, 1.82) is 0 Å². The van der Waals surface area contributed by atoms with E-state index in [1.165, 1.54) is 33.4 Å². The van der Waals surface area contributed by atoms with Gasteiger partial charge in [0.15, 0.2) is 0 Å². The summed E-state index contributed by atoms with van der Waals surface area (Å²) in [6.45, 7) is -1.22. The van der Waals surface area contributed by atoms with Crippen molar-refractivity contribution in [3.05, 3.63) is 95.4 Å². The fraction of sp³-hybridized carbons (Fsp3) is 0.174. The summed E-state index contributed by atoms with van der Waals surface area (Å²) >= 11 is 0. The van der Waals surface area contributed by atoms with E-state index in [2.05, 4.69) is 4.40 Å². The van der Waals surface area contributed by atoms with Crippen LogP contribution < -0.4 is 5.62 Å². The number of rotatable bonds is 6. The molecule has 0 N–H and O–H groups in total. The second-order valence-corrected chi connectivity index (χ2v) is 9.01. The van der Waals surface area contributed by atoms with Gasteiger partial charge in [-0.25, -0.2) is 8.78 Å². The van der Waals surface area contributed by atoms with Crippen molar-refractivity contribution in [3.63, 3.8) is 0 Å². The van der Waals surface area contributed by atoms with E-state index in [-0.39, 0.29) is 29.2 Å². The van der Waals surface area contributed by atoms with Gasteiger partial charge in [-0.05, 0) is 42.0 Å². The Morgan fingerprint density at radius 1 is 0.853 bits per heavy atom. The van der Waals surface area contributed by atoms with Gasteiger partial charge in [0, 0.05) is 0 Å². The first kappa shape index (κ1) is 23.7. The van der Waals surface area contributed by atoms with E-state index in [4.69, 9.17) is 0 Å². The molecule has 1 heterocycles. The summed E-state index contributed by atoms with van der Waals surface area (Å²) in [5, 5.41) is 0. The lowest BCUT2D eigenvalue weighted by Gasteiger charge is -2.11. The minimum absolute atomic E-state index is 0.0841. The van der Waals surface area contributed by atoms with Crippen LogP contribution in [-0.2, 0) is 29.3 Å². The maximum absolute atomic E-state index is 14.2. The number of hydrogen-bond donors (Lipinski definition) is 0. The third kappa shape index (κ3) is 4.60. The molecule has 0 unspecified atom stereocenters.